The summed E-state index contributed by atoms with van der Waals surface area (Å²) in [6.45, 7) is 6.20. The standard InChI is InChI=1S/C14H16N2.H3N/c1-10-5-4-6-13(8-10)16-14-12(3)7-11(2)9-15-14;/h4-9H,1-3H3,(H,15,16);1H3. The lowest BCUT2D eigenvalue weighted by atomic mass is 10.2. The average Bonchev–Trinajstić information content (AvgIpc) is 2.22. The van der Waals surface area contributed by atoms with Crippen LogP contribution in [0.15, 0.2) is 36.5 Å². The number of hydrogen-bond donors (Lipinski definition) is 2. The average molecular weight is 229 g/mol. The van der Waals surface area contributed by atoms with Crippen LogP contribution in [0.1, 0.15) is 16.7 Å². The molecule has 1 heterocycles. The molecule has 0 fully saturated rings. The first-order chi connectivity index (χ1) is 7.65. The first kappa shape index (κ1) is 13.2. The van der Waals surface area contributed by atoms with E-state index in [9.17, 15) is 0 Å². The van der Waals surface area contributed by atoms with Gasteiger partial charge in [-0.3, -0.25) is 0 Å². The first-order valence-corrected chi connectivity index (χ1v) is 5.42. The quantitative estimate of drug-likeness (QED) is 0.820. The highest BCUT2D eigenvalue weighted by Crippen LogP contribution is 2.19. The van der Waals surface area contributed by atoms with Crippen molar-refractivity contribution in [3.8, 4) is 0 Å². The van der Waals surface area contributed by atoms with Gasteiger partial charge in [0.2, 0.25) is 0 Å². The van der Waals surface area contributed by atoms with Crippen LogP contribution < -0.4 is 11.5 Å². The number of aryl methyl sites for hydroxylation is 3. The summed E-state index contributed by atoms with van der Waals surface area (Å²) in [6, 6.07) is 10.4. The zero-order valence-electron chi connectivity index (χ0n) is 10.6. The largest absolute Gasteiger partial charge is 0.344 e. The van der Waals surface area contributed by atoms with E-state index >= 15 is 0 Å². The molecule has 0 saturated carbocycles. The molecule has 0 radical (unpaired) electrons. The number of pyridine rings is 1. The van der Waals surface area contributed by atoms with Gasteiger partial charge >= 0.3 is 0 Å². The second kappa shape index (κ2) is 5.46. The van der Waals surface area contributed by atoms with Gasteiger partial charge in [-0.2, -0.15) is 0 Å². The molecule has 0 atom stereocenters. The van der Waals surface area contributed by atoms with Crippen LogP contribution in [-0.4, -0.2) is 4.98 Å². The fourth-order valence-corrected chi connectivity index (χ4v) is 1.71. The minimum absolute atomic E-state index is 0. The number of aromatic nitrogens is 1. The van der Waals surface area contributed by atoms with Crippen molar-refractivity contribution in [3.63, 3.8) is 0 Å². The van der Waals surface area contributed by atoms with Crippen LogP contribution >= 0.6 is 0 Å². The third-order valence-electron chi connectivity index (χ3n) is 2.50. The number of anilines is 2. The van der Waals surface area contributed by atoms with Gasteiger partial charge in [0.15, 0.2) is 0 Å². The highest BCUT2D eigenvalue weighted by atomic mass is 15.0. The molecule has 2 aromatic rings. The lowest BCUT2D eigenvalue weighted by molar-refractivity contribution is 1.21. The molecule has 0 spiro atoms. The molecule has 0 unspecified atom stereocenters. The maximum Gasteiger partial charge on any atom is 0.133 e. The van der Waals surface area contributed by atoms with Gasteiger partial charge < -0.3 is 11.5 Å². The van der Waals surface area contributed by atoms with Crippen LogP contribution in [0.25, 0.3) is 0 Å². The third kappa shape index (κ3) is 3.29. The molecule has 3 heteroatoms. The molecule has 90 valence electrons. The van der Waals surface area contributed by atoms with Crippen molar-refractivity contribution in [1.29, 1.82) is 0 Å². The lowest BCUT2D eigenvalue weighted by Crippen LogP contribution is -1.96. The van der Waals surface area contributed by atoms with Crippen LogP contribution in [-0.2, 0) is 0 Å². The monoisotopic (exact) mass is 229 g/mol. The summed E-state index contributed by atoms with van der Waals surface area (Å²) in [5, 5.41) is 3.33. The van der Waals surface area contributed by atoms with E-state index < -0.39 is 0 Å². The Morgan fingerprint density at radius 1 is 1.00 bits per heavy atom. The highest BCUT2D eigenvalue weighted by molar-refractivity contribution is 5.59. The van der Waals surface area contributed by atoms with Crippen molar-refractivity contribution in [3.05, 3.63) is 53.2 Å². The SMILES string of the molecule is Cc1cccc(Nc2ncc(C)cc2C)c1.N. The van der Waals surface area contributed by atoms with E-state index in [1.54, 1.807) is 0 Å². The van der Waals surface area contributed by atoms with E-state index in [1.807, 2.05) is 18.3 Å². The van der Waals surface area contributed by atoms with Gasteiger partial charge in [-0.25, -0.2) is 4.98 Å². The second-order valence-corrected chi connectivity index (χ2v) is 4.17. The number of hydrogen-bond acceptors (Lipinski definition) is 3. The minimum Gasteiger partial charge on any atom is -0.344 e. The summed E-state index contributed by atoms with van der Waals surface area (Å²) in [5.74, 6) is 0.927. The zero-order chi connectivity index (χ0) is 11.5. The molecule has 1 aromatic heterocycles. The molecule has 0 saturated heterocycles. The van der Waals surface area contributed by atoms with E-state index in [0.29, 0.717) is 0 Å². The van der Waals surface area contributed by atoms with Crippen molar-refractivity contribution in [2.45, 2.75) is 20.8 Å². The van der Waals surface area contributed by atoms with Gasteiger partial charge in [-0.15, -0.1) is 0 Å². The van der Waals surface area contributed by atoms with E-state index in [4.69, 9.17) is 0 Å². The normalized spacial score (nSPS) is 9.59. The zero-order valence-corrected chi connectivity index (χ0v) is 10.6. The van der Waals surface area contributed by atoms with E-state index in [2.05, 4.69) is 49.3 Å². The summed E-state index contributed by atoms with van der Waals surface area (Å²) in [4.78, 5) is 4.39. The Hall–Kier alpha value is -1.87. The fourth-order valence-electron chi connectivity index (χ4n) is 1.71. The van der Waals surface area contributed by atoms with Crippen molar-refractivity contribution in [2.24, 2.45) is 0 Å². The highest BCUT2D eigenvalue weighted by Gasteiger charge is 2.00. The van der Waals surface area contributed by atoms with Crippen LogP contribution in [0.4, 0.5) is 11.5 Å². The lowest BCUT2D eigenvalue weighted by Gasteiger charge is -2.09. The summed E-state index contributed by atoms with van der Waals surface area (Å²) in [5.41, 5.74) is 4.68. The van der Waals surface area contributed by atoms with Gasteiger partial charge in [-0.1, -0.05) is 18.2 Å². The summed E-state index contributed by atoms with van der Waals surface area (Å²) in [7, 11) is 0. The molecule has 0 amide bonds. The molecule has 3 nitrogen and oxygen atoms in total. The first-order valence-electron chi connectivity index (χ1n) is 5.42. The molecule has 0 aliphatic carbocycles. The molecular weight excluding hydrogens is 210 g/mol. The number of nitrogens with one attached hydrogen (secondary N) is 1. The summed E-state index contributed by atoms with van der Waals surface area (Å²) < 4.78 is 0. The minimum atomic E-state index is 0. The Bertz CT molecular complexity index is 507. The Balaban J connectivity index is 0.00000144. The number of benzene rings is 1. The smallest absolute Gasteiger partial charge is 0.133 e. The van der Waals surface area contributed by atoms with Crippen LogP contribution in [0.2, 0.25) is 0 Å². The van der Waals surface area contributed by atoms with Crippen molar-refractivity contribution in [2.75, 3.05) is 5.32 Å². The van der Waals surface area contributed by atoms with E-state index in [1.165, 1.54) is 16.7 Å². The van der Waals surface area contributed by atoms with E-state index in [-0.39, 0.29) is 6.15 Å². The Morgan fingerprint density at radius 2 is 1.76 bits per heavy atom. The molecule has 2 rings (SSSR count). The number of nitrogens with zero attached hydrogens (tertiary/aromatic N) is 1. The van der Waals surface area contributed by atoms with Gasteiger partial charge in [-0.05, 0) is 49.6 Å². The maximum atomic E-state index is 4.39. The molecule has 1 aromatic carbocycles. The predicted molar refractivity (Wildman–Crippen MR) is 73.2 cm³/mol. The van der Waals surface area contributed by atoms with Crippen LogP contribution in [0, 0.1) is 20.8 Å². The van der Waals surface area contributed by atoms with Crippen LogP contribution in [0.3, 0.4) is 0 Å². The summed E-state index contributed by atoms with van der Waals surface area (Å²) in [6.07, 6.45) is 1.88. The number of rotatable bonds is 2. The Morgan fingerprint density at radius 3 is 2.41 bits per heavy atom. The van der Waals surface area contributed by atoms with Crippen molar-refractivity contribution < 1.29 is 0 Å². The Kier molecular flexibility index (Phi) is 4.24. The van der Waals surface area contributed by atoms with Crippen molar-refractivity contribution >= 4 is 11.5 Å². The predicted octanol–water partition coefficient (Wildman–Crippen LogP) is 3.91. The van der Waals surface area contributed by atoms with Crippen LogP contribution in [0.5, 0.6) is 0 Å². The molecular formula is C14H19N3. The third-order valence-corrected chi connectivity index (χ3v) is 2.50. The molecule has 17 heavy (non-hydrogen) atoms. The van der Waals surface area contributed by atoms with Gasteiger partial charge in [0, 0.05) is 11.9 Å². The summed E-state index contributed by atoms with van der Waals surface area (Å²) >= 11 is 0. The van der Waals surface area contributed by atoms with E-state index in [0.717, 1.165) is 11.5 Å². The fraction of sp³-hybridized carbons (Fsp3) is 0.214. The molecule has 4 N–H and O–H groups in total. The molecule has 0 aliphatic heterocycles. The molecule has 0 bridgehead atoms. The van der Waals surface area contributed by atoms with Gasteiger partial charge in [0.1, 0.15) is 5.82 Å². The van der Waals surface area contributed by atoms with Gasteiger partial charge in [0.05, 0.1) is 0 Å². The Labute approximate surface area is 102 Å². The molecule has 0 aliphatic rings. The second-order valence-electron chi connectivity index (χ2n) is 4.17. The van der Waals surface area contributed by atoms with Gasteiger partial charge in [0.25, 0.3) is 0 Å². The topological polar surface area (TPSA) is 59.9 Å². The maximum absolute atomic E-state index is 4.39. The van der Waals surface area contributed by atoms with Crippen molar-refractivity contribution in [1.82, 2.24) is 11.1 Å².